The minimum atomic E-state index is -0.252. The van der Waals surface area contributed by atoms with Gasteiger partial charge < -0.3 is 10.0 Å². The van der Waals surface area contributed by atoms with Crippen LogP contribution >= 0.6 is 0 Å². The lowest BCUT2D eigenvalue weighted by molar-refractivity contribution is -0.141. The van der Waals surface area contributed by atoms with E-state index in [9.17, 15) is 9.90 Å². The fourth-order valence-corrected chi connectivity index (χ4v) is 4.20. The van der Waals surface area contributed by atoms with Crippen molar-refractivity contribution >= 4 is 5.91 Å². The third-order valence-electron chi connectivity index (χ3n) is 5.55. The highest BCUT2D eigenvalue weighted by Crippen LogP contribution is 2.36. The van der Waals surface area contributed by atoms with Crippen molar-refractivity contribution in [1.82, 2.24) is 14.8 Å². The molecule has 0 radical (unpaired) electrons. The summed E-state index contributed by atoms with van der Waals surface area (Å²) in [4.78, 5) is 21.2. The Bertz CT molecular complexity index is 544. The molecule has 118 valence electrons. The van der Waals surface area contributed by atoms with E-state index in [1.54, 1.807) is 6.20 Å². The Morgan fingerprint density at radius 3 is 2.95 bits per heavy atom. The number of hydrogen-bond acceptors (Lipinski definition) is 4. The van der Waals surface area contributed by atoms with Crippen LogP contribution in [-0.4, -0.2) is 57.6 Å². The van der Waals surface area contributed by atoms with Gasteiger partial charge in [-0.1, -0.05) is 6.07 Å². The first-order valence-electron chi connectivity index (χ1n) is 8.30. The number of fused-ring (bicyclic) bond motifs is 1. The fourth-order valence-electron chi connectivity index (χ4n) is 4.20. The van der Waals surface area contributed by atoms with Gasteiger partial charge in [0.1, 0.15) is 0 Å². The van der Waals surface area contributed by atoms with E-state index in [2.05, 4.69) is 16.0 Å². The molecule has 1 aromatic rings. The zero-order chi connectivity index (χ0) is 15.1. The van der Waals surface area contributed by atoms with Crippen molar-refractivity contribution in [3.63, 3.8) is 0 Å². The average Bonchev–Trinajstić information content (AvgIpc) is 3.07. The van der Waals surface area contributed by atoms with Gasteiger partial charge in [-0.3, -0.25) is 14.7 Å². The number of carbonyl (C=O) groups excluding carboxylic acids is 1. The van der Waals surface area contributed by atoms with E-state index in [4.69, 9.17) is 0 Å². The fraction of sp³-hybridized carbons (Fsp3) is 0.647. The SMILES string of the molecule is O=C(C1CC(O)C1)N1C[C@@H]2CCN(Cc3cccnc3)[C@@H]2C1. The monoisotopic (exact) mass is 301 g/mol. The number of nitrogens with zero attached hydrogens (tertiary/aromatic N) is 3. The molecule has 22 heavy (non-hydrogen) atoms. The maximum absolute atomic E-state index is 12.5. The number of amides is 1. The van der Waals surface area contributed by atoms with Gasteiger partial charge in [-0.15, -0.1) is 0 Å². The van der Waals surface area contributed by atoms with Crippen molar-refractivity contribution in [3.05, 3.63) is 30.1 Å². The van der Waals surface area contributed by atoms with Crippen LogP contribution in [-0.2, 0) is 11.3 Å². The lowest BCUT2D eigenvalue weighted by Gasteiger charge is -2.34. The van der Waals surface area contributed by atoms with Gasteiger partial charge in [0, 0.05) is 44.0 Å². The molecular weight excluding hydrogens is 278 g/mol. The Balaban J connectivity index is 1.38. The molecule has 3 aliphatic rings. The minimum absolute atomic E-state index is 0.0700. The lowest BCUT2D eigenvalue weighted by Crippen LogP contribution is -2.44. The molecule has 2 saturated heterocycles. The molecule has 5 nitrogen and oxygen atoms in total. The highest BCUT2D eigenvalue weighted by molar-refractivity contribution is 5.80. The summed E-state index contributed by atoms with van der Waals surface area (Å²) in [5.41, 5.74) is 1.25. The summed E-state index contributed by atoms with van der Waals surface area (Å²) in [7, 11) is 0. The van der Waals surface area contributed by atoms with Crippen molar-refractivity contribution in [2.75, 3.05) is 19.6 Å². The van der Waals surface area contributed by atoms with Crippen LogP contribution in [0.1, 0.15) is 24.8 Å². The number of hydrogen-bond donors (Lipinski definition) is 1. The molecule has 1 aliphatic carbocycles. The molecule has 0 aromatic carbocycles. The highest BCUT2D eigenvalue weighted by Gasteiger charge is 2.45. The second-order valence-corrected chi connectivity index (χ2v) is 7.01. The van der Waals surface area contributed by atoms with E-state index in [0.717, 1.165) is 26.2 Å². The van der Waals surface area contributed by atoms with Gasteiger partial charge in [-0.2, -0.15) is 0 Å². The topological polar surface area (TPSA) is 56.7 Å². The van der Waals surface area contributed by atoms with E-state index >= 15 is 0 Å². The smallest absolute Gasteiger partial charge is 0.225 e. The zero-order valence-electron chi connectivity index (χ0n) is 12.8. The van der Waals surface area contributed by atoms with Gasteiger partial charge >= 0.3 is 0 Å². The van der Waals surface area contributed by atoms with Gasteiger partial charge in [0.05, 0.1) is 6.10 Å². The van der Waals surface area contributed by atoms with E-state index in [-0.39, 0.29) is 17.9 Å². The predicted molar refractivity (Wildman–Crippen MR) is 81.9 cm³/mol. The normalized spacial score (nSPS) is 34.5. The third-order valence-corrected chi connectivity index (χ3v) is 5.55. The van der Waals surface area contributed by atoms with Gasteiger partial charge in [-0.05, 0) is 43.4 Å². The molecule has 3 heterocycles. The summed E-state index contributed by atoms with van der Waals surface area (Å²) in [5.74, 6) is 0.951. The van der Waals surface area contributed by atoms with Crippen LogP contribution in [0.25, 0.3) is 0 Å². The molecule has 0 spiro atoms. The number of pyridine rings is 1. The van der Waals surface area contributed by atoms with Crippen LogP contribution in [0, 0.1) is 11.8 Å². The first kappa shape index (κ1) is 14.2. The number of likely N-dealkylation sites (tertiary alicyclic amines) is 2. The molecule has 2 atom stereocenters. The Kier molecular flexibility index (Phi) is 3.62. The van der Waals surface area contributed by atoms with Gasteiger partial charge in [0.15, 0.2) is 0 Å². The molecule has 1 aromatic heterocycles. The van der Waals surface area contributed by atoms with Crippen LogP contribution in [0.2, 0.25) is 0 Å². The van der Waals surface area contributed by atoms with Crippen LogP contribution in [0.5, 0.6) is 0 Å². The molecule has 1 amide bonds. The molecule has 1 N–H and O–H groups in total. The Morgan fingerprint density at radius 1 is 1.36 bits per heavy atom. The van der Waals surface area contributed by atoms with E-state index < -0.39 is 0 Å². The van der Waals surface area contributed by atoms with Crippen LogP contribution in [0.3, 0.4) is 0 Å². The molecule has 3 fully saturated rings. The van der Waals surface area contributed by atoms with E-state index in [1.807, 2.05) is 17.2 Å². The largest absolute Gasteiger partial charge is 0.393 e. The maximum atomic E-state index is 12.5. The first-order chi connectivity index (χ1) is 10.7. The molecule has 4 rings (SSSR count). The summed E-state index contributed by atoms with van der Waals surface area (Å²) in [5, 5.41) is 9.39. The Morgan fingerprint density at radius 2 is 2.23 bits per heavy atom. The molecule has 5 heteroatoms. The number of aliphatic hydroxyl groups is 1. The summed E-state index contributed by atoms with van der Waals surface area (Å²) >= 11 is 0. The van der Waals surface area contributed by atoms with E-state index in [1.165, 1.54) is 12.0 Å². The van der Waals surface area contributed by atoms with Crippen molar-refractivity contribution in [1.29, 1.82) is 0 Å². The lowest BCUT2D eigenvalue weighted by atomic mass is 9.81. The Hall–Kier alpha value is -1.46. The zero-order valence-corrected chi connectivity index (χ0v) is 12.8. The molecule has 0 bridgehead atoms. The number of aromatic nitrogens is 1. The molecule has 2 aliphatic heterocycles. The van der Waals surface area contributed by atoms with Gasteiger partial charge in [0.25, 0.3) is 0 Å². The van der Waals surface area contributed by atoms with Crippen LogP contribution < -0.4 is 0 Å². The van der Waals surface area contributed by atoms with Crippen molar-refractivity contribution in [3.8, 4) is 0 Å². The molecule has 1 saturated carbocycles. The number of aliphatic hydroxyl groups excluding tert-OH is 1. The Labute approximate surface area is 130 Å². The summed E-state index contributed by atoms with van der Waals surface area (Å²) in [6, 6.07) is 4.60. The van der Waals surface area contributed by atoms with Gasteiger partial charge in [0.2, 0.25) is 5.91 Å². The van der Waals surface area contributed by atoms with Crippen LogP contribution in [0.4, 0.5) is 0 Å². The molecule has 0 unspecified atom stereocenters. The van der Waals surface area contributed by atoms with Gasteiger partial charge in [-0.25, -0.2) is 0 Å². The second-order valence-electron chi connectivity index (χ2n) is 7.01. The first-order valence-corrected chi connectivity index (χ1v) is 8.30. The van der Waals surface area contributed by atoms with Crippen molar-refractivity contribution in [2.24, 2.45) is 11.8 Å². The number of rotatable bonds is 3. The molecular formula is C17H23N3O2. The predicted octanol–water partition coefficient (Wildman–Crippen LogP) is 0.885. The van der Waals surface area contributed by atoms with Crippen molar-refractivity contribution in [2.45, 2.75) is 38.0 Å². The summed E-state index contributed by atoms with van der Waals surface area (Å²) in [6.07, 6.45) is 5.98. The van der Waals surface area contributed by atoms with E-state index in [0.29, 0.717) is 24.8 Å². The van der Waals surface area contributed by atoms with Crippen LogP contribution in [0.15, 0.2) is 24.5 Å². The third kappa shape index (κ3) is 2.52. The standard InChI is InChI=1S/C17H23N3O2/c21-15-6-14(7-15)17(22)20-10-13-3-5-19(16(13)11-20)9-12-2-1-4-18-8-12/h1-2,4,8,13-16,21H,3,5-7,9-11H2/t13-,14?,15?,16+/m0/s1. The summed E-state index contributed by atoms with van der Waals surface area (Å²) < 4.78 is 0. The average molecular weight is 301 g/mol. The maximum Gasteiger partial charge on any atom is 0.225 e. The highest BCUT2D eigenvalue weighted by atomic mass is 16.3. The summed E-state index contributed by atoms with van der Waals surface area (Å²) in [6.45, 7) is 3.81. The van der Waals surface area contributed by atoms with Crippen molar-refractivity contribution < 1.29 is 9.90 Å². The quantitative estimate of drug-likeness (QED) is 0.901. The number of carbonyl (C=O) groups is 1. The second kappa shape index (κ2) is 5.63. The minimum Gasteiger partial charge on any atom is -0.393 e.